The number of benzene rings is 1. The first kappa shape index (κ1) is 18.8. The molecule has 1 aliphatic rings. The SMILES string of the molecule is COc1ccc(Cn2ccc(CN3CCN(C(=O)O)CC3)c(O)c2=O)cc1. The van der Waals surface area contributed by atoms with Crippen LogP contribution in [0.3, 0.4) is 0 Å². The van der Waals surface area contributed by atoms with Crippen molar-refractivity contribution in [1.29, 1.82) is 0 Å². The Morgan fingerprint density at radius 3 is 2.33 bits per heavy atom. The molecular formula is C19H23N3O5. The first-order valence-corrected chi connectivity index (χ1v) is 8.72. The molecule has 0 saturated carbocycles. The number of piperazine rings is 1. The lowest BCUT2D eigenvalue weighted by Gasteiger charge is -2.33. The van der Waals surface area contributed by atoms with Gasteiger partial charge in [-0.25, -0.2) is 4.79 Å². The van der Waals surface area contributed by atoms with E-state index in [1.807, 2.05) is 29.2 Å². The molecule has 1 aliphatic heterocycles. The minimum Gasteiger partial charge on any atom is -0.503 e. The number of ether oxygens (including phenoxy) is 1. The first-order chi connectivity index (χ1) is 13.0. The largest absolute Gasteiger partial charge is 0.503 e. The molecule has 0 aliphatic carbocycles. The maximum atomic E-state index is 12.5. The fourth-order valence-electron chi connectivity index (χ4n) is 3.12. The normalized spacial score (nSPS) is 14.9. The van der Waals surface area contributed by atoms with Crippen LogP contribution in [-0.2, 0) is 13.1 Å². The predicted octanol–water partition coefficient (Wildman–Crippen LogP) is 1.41. The van der Waals surface area contributed by atoms with Gasteiger partial charge in [0, 0.05) is 44.5 Å². The molecule has 8 nitrogen and oxygen atoms in total. The highest BCUT2D eigenvalue weighted by atomic mass is 16.5. The average molecular weight is 373 g/mol. The number of carboxylic acid groups (broad SMARTS) is 1. The Morgan fingerprint density at radius 2 is 1.74 bits per heavy atom. The maximum absolute atomic E-state index is 12.5. The highest BCUT2D eigenvalue weighted by Crippen LogP contribution is 2.17. The van der Waals surface area contributed by atoms with Crippen molar-refractivity contribution in [2.24, 2.45) is 0 Å². The zero-order valence-corrected chi connectivity index (χ0v) is 15.2. The summed E-state index contributed by atoms with van der Waals surface area (Å²) in [5.41, 5.74) is 1.04. The van der Waals surface area contributed by atoms with Crippen LogP contribution < -0.4 is 10.3 Å². The van der Waals surface area contributed by atoms with Crippen LogP contribution >= 0.6 is 0 Å². The van der Waals surface area contributed by atoms with Gasteiger partial charge >= 0.3 is 6.09 Å². The molecule has 1 saturated heterocycles. The van der Waals surface area contributed by atoms with Crippen LogP contribution in [0.1, 0.15) is 11.1 Å². The third-order valence-corrected chi connectivity index (χ3v) is 4.77. The summed E-state index contributed by atoms with van der Waals surface area (Å²) in [5, 5.41) is 19.3. The molecule has 1 aromatic carbocycles. The lowest BCUT2D eigenvalue weighted by molar-refractivity contribution is 0.102. The van der Waals surface area contributed by atoms with Crippen molar-refractivity contribution in [3.05, 3.63) is 58.0 Å². The van der Waals surface area contributed by atoms with Crippen LogP contribution in [0.5, 0.6) is 11.5 Å². The number of nitrogens with zero attached hydrogens (tertiary/aromatic N) is 3. The van der Waals surface area contributed by atoms with Crippen LogP contribution in [0.25, 0.3) is 0 Å². The summed E-state index contributed by atoms with van der Waals surface area (Å²) in [4.78, 5) is 26.8. The number of amides is 1. The zero-order valence-electron chi connectivity index (χ0n) is 15.2. The summed E-state index contributed by atoms with van der Waals surface area (Å²) < 4.78 is 6.58. The number of hydrogen-bond acceptors (Lipinski definition) is 5. The maximum Gasteiger partial charge on any atom is 0.407 e. The number of aromatic nitrogens is 1. The Kier molecular flexibility index (Phi) is 5.66. The molecule has 0 atom stereocenters. The van der Waals surface area contributed by atoms with Gasteiger partial charge in [0.05, 0.1) is 13.7 Å². The molecule has 0 unspecified atom stereocenters. The molecule has 1 amide bonds. The van der Waals surface area contributed by atoms with E-state index < -0.39 is 11.7 Å². The van der Waals surface area contributed by atoms with Gasteiger partial charge in [0.25, 0.3) is 5.56 Å². The number of hydrogen-bond donors (Lipinski definition) is 2. The minimum atomic E-state index is -0.918. The van der Waals surface area contributed by atoms with Gasteiger partial charge in [-0.05, 0) is 23.8 Å². The molecule has 1 aromatic heterocycles. The fraction of sp³-hybridized carbons (Fsp3) is 0.368. The van der Waals surface area contributed by atoms with Gasteiger partial charge in [-0.2, -0.15) is 0 Å². The van der Waals surface area contributed by atoms with Gasteiger partial charge in [0.15, 0.2) is 5.75 Å². The van der Waals surface area contributed by atoms with Crippen molar-refractivity contribution in [3.8, 4) is 11.5 Å². The topological polar surface area (TPSA) is 95.2 Å². The van der Waals surface area contributed by atoms with Gasteiger partial charge in [0.2, 0.25) is 0 Å². The second-order valence-corrected chi connectivity index (χ2v) is 6.52. The molecule has 2 N–H and O–H groups in total. The standard InChI is InChI=1S/C19H23N3O5/c1-27-16-4-2-14(3-5-16)12-22-7-6-15(17(23)18(22)24)13-20-8-10-21(11-9-20)19(25)26/h2-7,23H,8-13H2,1H3,(H,25,26). The number of aromatic hydroxyl groups is 1. The number of pyridine rings is 1. The van der Waals surface area contributed by atoms with Crippen molar-refractivity contribution < 1.29 is 19.7 Å². The van der Waals surface area contributed by atoms with E-state index >= 15 is 0 Å². The third-order valence-electron chi connectivity index (χ3n) is 4.77. The van der Waals surface area contributed by atoms with Crippen LogP contribution in [0.4, 0.5) is 4.79 Å². The van der Waals surface area contributed by atoms with Crippen LogP contribution in [0.2, 0.25) is 0 Å². The molecule has 0 bridgehead atoms. The quantitative estimate of drug-likeness (QED) is 0.823. The average Bonchev–Trinajstić information content (AvgIpc) is 2.68. The molecule has 3 rings (SSSR count). The summed E-state index contributed by atoms with van der Waals surface area (Å²) in [6, 6.07) is 9.14. The Hall–Kier alpha value is -3.00. The molecule has 144 valence electrons. The number of rotatable bonds is 5. The van der Waals surface area contributed by atoms with Gasteiger partial charge in [-0.3, -0.25) is 9.69 Å². The lowest BCUT2D eigenvalue weighted by Crippen LogP contribution is -2.47. The molecule has 8 heteroatoms. The first-order valence-electron chi connectivity index (χ1n) is 8.72. The summed E-state index contributed by atoms with van der Waals surface area (Å²) in [6.07, 6.45) is 0.758. The van der Waals surface area contributed by atoms with E-state index in [9.17, 15) is 14.7 Å². The fourth-order valence-corrected chi connectivity index (χ4v) is 3.12. The second kappa shape index (κ2) is 8.13. The molecule has 27 heavy (non-hydrogen) atoms. The molecule has 2 aromatic rings. The smallest absolute Gasteiger partial charge is 0.407 e. The molecule has 2 heterocycles. The number of carbonyl (C=O) groups is 1. The van der Waals surface area contributed by atoms with Crippen molar-refractivity contribution in [1.82, 2.24) is 14.4 Å². The van der Waals surface area contributed by atoms with E-state index in [-0.39, 0.29) is 5.75 Å². The van der Waals surface area contributed by atoms with E-state index in [4.69, 9.17) is 9.84 Å². The lowest BCUT2D eigenvalue weighted by atomic mass is 10.2. The van der Waals surface area contributed by atoms with Crippen molar-refractivity contribution in [2.45, 2.75) is 13.1 Å². The minimum absolute atomic E-state index is 0.258. The molecule has 1 fully saturated rings. The second-order valence-electron chi connectivity index (χ2n) is 6.52. The predicted molar refractivity (Wildman–Crippen MR) is 99.3 cm³/mol. The summed E-state index contributed by atoms with van der Waals surface area (Å²) in [7, 11) is 1.60. The van der Waals surface area contributed by atoms with E-state index in [2.05, 4.69) is 0 Å². The number of methoxy groups -OCH3 is 1. The summed E-state index contributed by atoms with van der Waals surface area (Å²) >= 11 is 0. The molecule has 0 spiro atoms. The Labute approximate surface area is 156 Å². The monoisotopic (exact) mass is 373 g/mol. The van der Waals surface area contributed by atoms with Crippen LogP contribution in [0.15, 0.2) is 41.3 Å². The van der Waals surface area contributed by atoms with Crippen molar-refractivity contribution in [3.63, 3.8) is 0 Å². The Morgan fingerprint density at radius 1 is 1.07 bits per heavy atom. The van der Waals surface area contributed by atoms with Crippen molar-refractivity contribution >= 4 is 6.09 Å². The molecular weight excluding hydrogens is 350 g/mol. The van der Waals surface area contributed by atoms with Crippen LogP contribution in [-0.4, -0.2) is 64.0 Å². The third kappa shape index (κ3) is 4.40. The Bertz CT molecular complexity index is 855. The highest BCUT2D eigenvalue weighted by Gasteiger charge is 2.21. The zero-order chi connectivity index (χ0) is 19.4. The van der Waals surface area contributed by atoms with Crippen LogP contribution in [0, 0.1) is 0 Å². The van der Waals surface area contributed by atoms with Gasteiger partial charge in [0.1, 0.15) is 5.75 Å². The van der Waals surface area contributed by atoms with E-state index in [0.717, 1.165) is 11.3 Å². The van der Waals surface area contributed by atoms with E-state index in [0.29, 0.717) is 44.8 Å². The van der Waals surface area contributed by atoms with Crippen molar-refractivity contribution in [2.75, 3.05) is 33.3 Å². The van der Waals surface area contributed by atoms with E-state index in [1.165, 1.54) is 9.47 Å². The Balaban J connectivity index is 1.67. The summed E-state index contributed by atoms with van der Waals surface area (Å²) in [5.74, 6) is 0.485. The van der Waals surface area contributed by atoms with E-state index in [1.54, 1.807) is 19.4 Å². The molecule has 0 radical (unpaired) electrons. The van der Waals surface area contributed by atoms with Gasteiger partial charge in [-0.1, -0.05) is 12.1 Å². The highest BCUT2D eigenvalue weighted by molar-refractivity contribution is 5.65. The van der Waals surface area contributed by atoms with Gasteiger partial charge in [-0.15, -0.1) is 0 Å². The van der Waals surface area contributed by atoms with Gasteiger partial charge < -0.3 is 24.4 Å². The summed E-state index contributed by atoms with van der Waals surface area (Å²) in [6.45, 7) is 2.75.